The first-order valence-electron chi connectivity index (χ1n) is 11.3. The lowest BCUT2D eigenvalue weighted by Gasteiger charge is -2.29. The molecular weight excluding hydrogens is 404 g/mol. The van der Waals surface area contributed by atoms with Gasteiger partial charge in [0.25, 0.3) is 0 Å². The molecule has 5 rings (SSSR count). The highest BCUT2D eigenvalue weighted by atomic mass is 16.5. The number of hydrogen-bond donors (Lipinski definition) is 2. The fourth-order valence-electron chi connectivity index (χ4n) is 4.46. The number of hydrogen-bond acceptors (Lipinski definition) is 8. The van der Waals surface area contributed by atoms with Gasteiger partial charge in [0.1, 0.15) is 5.82 Å². The third kappa shape index (κ3) is 3.93. The molecule has 4 heterocycles. The van der Waals surface area contributed by atoms with Crippen molar-refractivity contribution in [2.45, 2.75) is 39.3 Å². The summed E-state index contributed by atoms with van der Waals surface area (Å²) in [5.74, 6) is 1.28. The first-order chi connectivity index (χ1) is 15.6. The molecular formula is C23H30N8O. The molecule has 168 valence electrons. The maximum absolute atomic E-state index is 5.40. The molecule has 1 aliphatic heterocycles. The van der Waals surface area contributed by atoms with Crippen LogP contribution in [0, 0.1) is 0 Å². The highest BCUT2D eigenvalue weighted by Crippen LogP contribution is 2.36. The van der Waals surface area contributed by atoms with Crippen LogP contribution >= 0.6 is 0 Å². The molecule has 2 N–H and O–H groups in total. The number of nitrogens with one attached hydrogen (secondary N) is 2. The normalized spacial score (nSPS) is 15.6. The molecule has 0 radical (unpaired) electrons. The van der Waals surface area contributed by atoms with Crippen molar-refractivity contribution in [3.63, 3.8) is 0 Å². The SMILES string of the molecule is COCc1nn(C(C)C)c2c1CCc1cnc(Nc3ccc(N4CCNCC4)cn3)nc1-2. The Labute approximate surface area is 188 Å². The molecule has 0 unspecified atom stereocenters. The number of rotatable bonds is 6. The summed E-state index contributed by atoms with van der Waals surface area (Å²) in [5.41, 5.74) is 6.55. The van der Waals surface area contributed by atoms with Crippen molar-refractivity contribution in [1.82, 2.24) is 30.0 Å². The number of fused-ring (bicyclic) bond motifs is 3. The molecule has 9 nitrogen and oxygen atoms in total. The first-order valence-corrected chi connectivity index (χ1v) is 11.3. The number of anilines is 3. The van der Waals surface area contributed by atoms with E-state index in [4.69, 9.17) is 14.8 Å². The number of aromatic nitrogens is 5. The van der Waals surface area contributed by atoms with Crippen LogP contribution in [0.15, 0.2) is 24.5 Å². The molecule has 0 bridgehead atoms. The molecule has 1 saturated heterocycles. The molecule has 0 spiro atoms. The van der Waals surface area contributed by atoms with Crippen LogP contribution in [0.5, 0.6) is 0 Å². The minimum atomic E-state index is 0.228. The van der Waals surface area contributed by atoms with Crippen LogP contribution in [-0.2, 0) is 24.2 Å². The van der Waals surface area contributed by atoms with E-state index in [1.807, 2.05) is 18.5 Å². The molecule has 3 aromatic rings. The molecule has 0 aromatic carbocycles. The van der Waals surface area contributed by atoms with E-state index < -0.39 is 0 Å². The van der Waals surface area contributed by atoms with E-state index in [1.54, 1.807) is 7.11 Å². The smallest absolute Gasteiger partial charge is 0.228 e. The van der Waals surface area contributed by atoms with Crippen molar-refractivity contribution in [2.75, 3.05) is 43.5 Å². The molecule has 1 aliphatic carbocycles. The largest absolute Gasteiger partial charge is 0.378 e. The summed E-state index contributed by atoms with van der Waals surface area (Å²) in [4.78, 5) is 16.4. The standard InChI is InChI=1S/C23H30N8O/c1-15(2)31-22-18(19(29-31)14-32-3)6-4-16-12-26-23(28-21(16)22)27-20-7-5-17(13-25-20)30-10-8-24-9-11-30/h5,7,12-13,15,24H,4,6,8-11,14H2,1-3H3,(H,25,26,27,28). The Hall–Kier alpha value is -3.04. The number of ether oxygens (including phenoxy) is 1. The average Bonchev–Trinajstić information content (AvgIpc) is 3.20. The number of pyridine rings is 1. The van der Waals surface area contributed by atoms with Crippen molar-refractivity contribution >= 4 is 17.5 Å². The van der Waals surface area contributed by atoms with Gasteiger partial charge in [0, 0.05) is 51.1 Å². The quantitative estimate of drug-likeness (QED) is 0.612. The summed E-state index contributed by atoms with van der Waals surface area (Å²) < 4.78 is 7.46. The van der Waals surface area contributed by atoms with E-state index in [-0.39, 0.29) is 6.04 Å². The van der Waals surface area contributed by atoms with Gasteiger partial charge in [-0.2, -0.15) is 5.10 Å². The average molecular weight is 435 g/mol. The summed E-state index contributed by atoms with van der Waals surface area (Å²) in [6, 6.07) is 4.31. The number of methoxy groups -OCH3 is 1. The molecule has 2 aliphatic rings. The van der Waals surface area contributed by atoms with Crippen LogP contribution in [0.1, 0.15) is 36.7 Å². The summed E-state index contributed by atoms with van der Waals surface area (Å²) in [7, 11) is 1.71. The van der Waals surface area contributed by atoms with Gasteiger partial charge in [-0.25, -0.2) is 15.0 Å². The third-order valence-electron chi connectivity index (χ3n) is 6.07. The zero-order chi connectivity index (χ0) is 22.1. The minimum Gasteiger partial charge on any atom is -0.378 e. The van der Waals surface area contributed by atoms with Crippen molar-refractivity contribution in [3.05, 3.63) is 41.3 Å². The van der Waals surface area contributed by atoms with E-state index >= 15 is 0 Å². The Balaban J connectivity index is 1.42. The molecule has 32 heavy (non-hydrogen) atoms. The van der Waals surface area contributed by atoms with E-state index in [1.165, 1.54) is 5.56 Å². The van der Waals surface area contributed by atoms with Gasteiger partial charge in [-0.15, -0.1) is 0 Å². The van der Waals surface area contributed by atoms with Gasteiger partial charge < -0.3 is 20.3 Å². The van der Waals surface area contributed by atoms with Gasteiger partial charge in [-0.05, 0) is 44.4 Å². The predicted molar refractivity (Wildman–Crippen MR) is 124 cm³/mol. The second kappa shape index (κ2) is 8.84. The van der Waals surface area contributed by atoms with Crippen molar-refractivity contribution in [3.8, 4) is 11.4 Å². The predicted octanol–water partition coefficient (Wildman–Crippen LogP) is 2.71. The molecule has 0 atom stereocenters. The highest BCUT2D eigenvalue weighted by Gasteiger charge is 2.28. The zero-order valence-electron chi connectivity index (χ0n) is 18.9. The fraction of sp³-hybridized carbons (Fsp3) is 0.478. The van der Waals surface area contributed by atoms with Gasteiger partial charge in [0.2, 0.25) is 5.95 Å². The number of piperazine rings is 1. The maximum atomic E-state index is 5.40. The Morgan fingerprint density at radius 2 is 1.97 bits per heavy atom. The number of aryl methyl sites for hydroxylation is 1. The van der Waals surface area contributed by atoms with Crippen molar-refractivity contribution in [1.29, 1.82) is 0 Å². The van der Waals surface area contributed by atoms with Crippen LogP contribution in [0.4, 0.5) is 17.5 Å². The molecule has 9 heteroatoms. The lowest BCUT2D eigenvalue weighted by molar-refractivity contribution is 0.179. The van der Waals surface area contributed by atoms with Crippen molar-refractivity contribution in [2.24, 2.45) is 0 Å². The van der Waals surface area contributed by atoms with Crippen LogP contribution in [0.2, 0.25) is 0 Å². The monoisotopic (exact) mass is 434 g/mol. The highest BCUT2D eigenvalue weighted by molar-refractivity contribution is 5.69. The number of nitrogens with zero attached hydrogens (tertiary/aromatic N) is 6. The van der Waals surface area contributed by atoms with E-state index in [9.17, 15) is 0 Å². The summed E-state index contributed by atoms with van der Waals surface area (Å²) in [6.07, 6.45) is 5.67. The third-order valence-corrected chi connectivity index (χ3v) is 6.07. The molecule has 3 aromatic heterocycles. The van der Waals surface area contributed by atoms with Gasteiger partial charge >= 0.3 is 0 Å². The second-order valence-electron chi connectivity index (χ2n) is 8.58. The first kappa shape index (κ1) is 20.8. The molecule has 0 amide bonds. The Morgan fingerprint density at radius 3 is 2.69 bits per heavy atom. The van der Waals surface area contributed by atoms with Crippen LogP contribution in [0.25, 0.3) is 11.4 Å². The Kier molecular flexibility index (Phi) is 5.75. The Bertz CT molecular complexity index is 1090. The Morgan fingerprint density at radius 1 is 1.12 bits per heavy atom. The lowest BCUT2D eigenvalue weighted by atomic mass is 9.93. The van der Waals surface area contributed by atoms with E-state index in [0.29, 0.717) is 12.6 Å². The summed E-state index contributed by atoms with van der Waals surface area (Å²) in [6.45, 7) is 8.80. The van der Waals surface area contributed by atoms with Gasteiger partial charge in [0.15, 0.2) is 0 Å². The van der Waals surface area contributed by atoms with E-state index in [2.05, 4.69) is 50.1 Å². The van der Waals surface area contributed by atoms with Crippen LogP contribution < -0.4 is 15.5 Å². The molecule has 0 saturated carbocycles. The van der Waals surface area contributed by atoms with Gasteiger partial charge in [-0.1, -0.05) is 0 Å². The van der Waals surface area contributed by atoms with Gasteiger partial charge in [0.05, 0.1) is 35.6 Å². The van der Waals surface area contributed by atoms with Gasteiger partial charge in [-0.3, -0.25) is 4.68 Å². The minimum absolute atomic E-state index is 0.228. The summed E-state index contributed by atoms with van der Waals surface area (Å²) in [5, 5.41) is 11.5. The maximum Gasteiger partial charge on any atom is 0.228 e. The van der Waals surface area contributed by atoms with Crippen LogP contribution in [0.3, 0.4) is 0 Å². The summed E-state index contributed by atoms with van der Waals surface area (Å²) >= 11 is 0. The lowest BCUT2D eigenvalue weighted by Crippen LogP contribution is -2.43. The van der Waals surface area contributed by atoms with E-state index in [0.717, 1.165) is 73.2 Å². The fourth-order valence-corrected chi connectivity index (χ4v) is 4.46. The molecule has 1 fully saturated rings. The zero-order valence-corrected chi connectivity index (χ0v) is 18.9. The second-order valence-corrected chi connectivity index (χ2v) is 8.58. The topological polar surface area (TPSA) is 93.0 Å². The van der Waals surface area contributed by atoms with Crippen molar-refractivity contribution < 1.29 is 4.74 Å². The van der Waals surface area contributed by atoms with Crippen LogP contribution in [-0.4, -0.2) is 58.0 Å².